The highest BCUT2D eigenvalue weighted by molar-refractivity contribution is 5.95. The summed E-state index contributed by atoms with van der Waals surface area (Å²) in [5.41, 5.74) is -1.39. The van der Waals surface area contributed by atoms with Gasteiger partial charge in [0, 0.05) is 12.1 Å². The maximum Gasteiger partial charge on any atom is 0.471 e. The first-order valence-corrected chi connectivity index (χ1v) is 6.09. The van der Waals surface area contributed by atoms with Crippen molar-refractivity contribution in [3.63, 3.8) is 0 Å². The molecule has 1 aromatic rings. The fourth-order valence-electron chi connectivity index (χ4n) is 1.44. The second kappa shape index (κ2) is 5.70. The Hall–Kier alpha value is -2.13. The largest absolute Gasteiger partial charge is 0.471 e. The number of hydrogen-bond donors (Lipinski definition) is 2. The summed E-state index contributed by atoms with van der Waals surface area (Å²) in [6.07, 6.45) is -5.07. The van der Waals surface area contributed by atoms with Crippen LogP contribution in [0, 0.1) is 0 Å². The Morgan fingerprint density at radius 3 is 2.29 bits per heavy atom. The molecule has 7 nitrogen and oxygen atoms in total. The van der Waals surface area contributed by atoms with Crippen molar-refractivity contribution in [1.82, 2.24) is 15.0 Å². The average molecular weight is 307 g/mol. The van der Waals surface area contributed by atoms with Crippen molar-refractivity contribution in [3.8, 4) is 0 Å². The third-order valence-electron chi connectivity index (χ3n) is 2.18. The molecule has 0 bridgehead atoms. The molecular weight excluding hydrogens is 291 g/mol. The first-order chi connectivity index (χ1) is 9.44. The molecule has 0 aromatic carbocycles. The Bertz CT molecular complexity index is 576. The van der Waals surface area contributed by atoms with Crippen molar-refractivity contribution in [2.75, 3.05) is 16.8 Å². The lowest BCUT2D eigenvalue weighted by atomic mass is 10.1. The predicted octanol–water partition coefficient (Wildman–Crippen LogP) is 1.29. The Balaban J connectivity index is 3.23. The van der Waals surface area contributed by atoms with Gasteiger partial charge >= 0.3 is 17.8 Å². The topological polar surface area (TPSA) is 91.0 Å². The Morgan fingerprint density at radius 1 is 1.29 bits per heavy atom. The zero-order valence-electron chi connectivity index (χ0n) is 12.0. The van der Waals surface area contributed by atoms with Crippen LogP contribution in [0.15, 0.2) is 4.79 Å². The second-order valence-electron chi connectivity index (χ2n) is 5.22. The van der Waals surface area contributed by atoms with Crippen LogP contribution in [0.5, 0.6) is 0 Å². The monoisotopic (exact) mass is 307 g/mol. The van der Waals surface area contributed by atoms with Gasteiger partial charge in [-0.25, -0.2) is 4.79 Å². The molecule has 0 atom stereocenters. The van der Waals surface area contributed by atoms with Crippen molar-refractivity contribution in [3.05, 3.63) is 10.5 Å². The molecule has 0 fully saturated rings. The van der Waals surface area contributed by atoms with Crippen LogP contribution in [-0.2, 0) is 4.79 Å². The number of amides is 1. The molecule has 1 rings (SSSR count). The third kappa shape index (κ3) is 4.72. The lowest BCUT2D eigenvalue weighted by molar-refractivity contribution is -0.170. The van der Waals surface area contributed by atoms with Crippen molar-refractivity contribution in [1.29, 1.82) is 0 Å². The summed E-state index contributed by atoms with van der Waals surface area (Å²) in [5.74, 6) is -2.79. The summed E-state index contributed by atoms with van der Waals surface area (Å²) in [7, 11) is 0. The van der Waals surface area contributed by atoms with Gasteiger partial charge in [-0.1, -0.05) is 0 Å². The Kier molecular flexibility index (Phi) is 4.59. The van der Waals surface area contributed by atoms with Gasteiger partial charge in [-0.15, -0.1) is 0 Å². The molecule has 118 valence electrons. The van der Waals surface area contributed by atoms with Crippen molar-refractivity contribution in [2.45, 2.75) is 39.4 Å². The van der Waals surface area contributed by atoms with E-state index in [1.54, 1.807) is 20.8 Å². The van der Waals surface area contributed by atoms with E-state index in [-0.39, 0.29) is 12.5 Å². The number of carbonyl (C=O) groups is 1. The quantitative estimate of drug-likeness (QED) is 0.878. The standard InChI is InChI=1S/C11H16F3N5O2/c1-5-19(6(20)11(12,13)14)8-15-7(16-9(21)17-8)18-10(2,3)4/h5H2,1-4H3,(H2,15,16,17,18,21). The number of anilines is 2. The minimum Gasteiger partial charge on any atom is -0.351 e. The first-order valence-electron chi connectivity index (χ1n) is 6.09. The second-order valence-corrected chi connectivity index (χ2v) is 5.22. The van der Waals surface area contributed by atoms with E-state index in [0.717, 1.165) is 0 Å². The summed E-state index contributed by atoms with van der Waals surface area (Å²) < 4.78 is 37.5. The maximum atomic E-state index is 12.5. The number of aromatic amines is 1. The van der Waals surface area contributed by atoms with Gasteiger partial charge in [0.2, 0.25) is 11.9 Å². The van der Waals surface area contributed by atoms with E-state index < -0.39 is 29.3 Å². The third-order valence-corrected chi connectivity index (χ3v) is 2.18. The molecule has 0 spiro atoms. The van der Waals surface area contributed by atoms with Crippen LogP contribution >= 0.6 is 0 Å². The molecular formula is C11H16F3N5O2. The Morgan fingerprint density at radius 2 is 1.86 bits per heavy atom. The van der Waals surface area contributed by atoms with Gasteiger partial charge in [-0.05, 0) is 27.7 Å². The number of carbonyl (C=O) groups excluding carboxylic acids is 1. The summed E-state index contributed by atoms with van der Waals surface area (Å²) >= 11 is 0. The van der Waals surface area contributed by atoms with E-state index in [1.807, 2.05) is 0 Å². The lowest BCUT2D eigenvalue weighted by Crippen LogP contribution is -2.43. The summed E-state index contributed by atoms with van der Waals surface area (Å²) in [6, 6.07) is 0. The van der Waals surface area contributed by atoms with Gasteiger partial charge in [0.25, 0.3) is 0 Å². The molecule has 0 aliphatic heterocycles. The molecule has 1 heterocycles. The van der Waals surface area contributed by atoms with Crippen LogP contribution in [0.3, 0.4) is 0 Å². The number of alkyl halides is 3. The molecule has 2 N–H and O–H groups in total. The maximum absolute atomic E-state index is 12.5. The first kappa shape index (κ1) is 16.9. The van der Waals surface area contributed by atoms with E-state index in [1.165, 1.54) is 6.92 Å². The van der Waals surface area contributed by atoms with Crippen LogP contribution in [-0.4, -0.2) is 39.1 Å². The summed E-state index contributed by atoms with van der Waals surface area (Å²) in [5, 5.41) is 2.79. The van der Waals surface area contributed by atoms with Crippen LogP contribution in [0.2, 0.25) is 0 Å². The average Bonchev–Trinajstić information content (AvgIpc) is 2.25. The molecule has 1 aromatic heterocycles. The van der Waals surface area contributed by atoms with Crippen molar-refractivity contribution < 1.29 is 18.0 Å². The molecule has 0 radical (unpaired) electrons. The highest BCUT2D eigenvalue weighted by Gasteiger charge is 2.43. The van der Waals surface area contributed by atoms with Gasteiger partial charge in [0.1, 0.15) is 0 Å². The van der Waals surface area contributed by atoms with Crippen LogP contribution in [0.25, 0.3) is 0 Å². The van der Waals surface area contributed by atoms with Gasteiger partial charge < -0.3 is 5.32 Å². The normalized spacial score (nSPS) is 12.1. The molecule has 0 aliphatic rings. The molecule has 10 heteroatoms. The molecule has 21 heavy (non-hydrogen) atoms. The van der Waals surface area contributed by atoms with Crippen LogP contribution in [0.4, 0.5) is 25.1 Å². The number of aromatic nitrogens is 3. The molecule has 1 amide bonds. The fourth-order valence-corrected chi connectivity index (χ4v) is 1.44. The smallest absolute Gasteiger partial charge is 0.351 e. The van der Waals surface area contributed by atoms with E-state index in [2.05, 4.69) is 20.3 Å². The number of H-pyrrole nitrogens is 1. The van der Waals surface area contributed by atoms with E-state index in [0.29, 0.717) is 4.90 Å². The van der Waals surface area contributed by atoms with Crippen LogP contribution < -0.4 is 15.9 Å². The zero-order chi connectivity index (χ0) is 16.4. The van der Waals surface area contributed by atoms with Gasteiger partial charge in [-0.2, -0.15) is 23.1 Å². The number of nitrogens with one attached hydrogen (secondary N) is 2. The number of rotatable bonds is 3. The Labute approximate surface area is 118 Å². The predicted molar refractivity (Wildman–Crippen MR) is 70.1 cm³/mol. The van der Waals surface area contributed by atoms with Gasteiger partial charge in [0.05, 0.1) is 0 Å². The number of halogens is 3. The van der Waals surface area contributed by atoms with Gasteiger partial charge in [-0.3, -0.25) is 14.7 Å². The minimum atomic E-state index is -5.07. The SMILES string of the molecule is CCN(C(=O)C(F)(F)F)c1nc(NC(C)(C)C)[nH]c(=O)n1. The van der Waals surface area contributed by atoms with Crippen molar-refractivity contribution in [2.24, 2.45) is 0 Å². The van der Waals surface area contributed by atoms with E-state index >= 15 is 0 Å². The highest BCUT2D eigenvalue weighted by atomic mass is 19.4. The molecule has 0 aliphatic carbocycles. The van der Waals surface area contributed by atoms with E-state index in [4.69, 9.17) is 0 Å². The number of nitrogens with zero attached hydrogens (tertiary/aromatic N) is 3. The highest BCUT2D eigenvalue weighted by Crippen LogP contribution is 2.21. The molecule has 0 saturated heterocycles. The number of hydrogen-bond acceptors (Lipinski definition) is 5. The lowest BCUT2D eigenvalue weighted by Gasteiger charge is -2.23. The van der Waals surface area contributed by atoms with Crippen LogP contribution in [0.1, 0.15) is 27.7 Å². The fraction of sp³-hybridized carbons (Fsp3) is 0.636. The van der Waals surface area contributed by atoms with Crippen molar-refractivity contribution >= 4 is 17.8 Å². The zero-order valence-corrected chi connectivity index (χ0v) is 12.0. The molecule has 0 unspecified atom stereocenters. The minimum absolute atomic E-state index is 0.0640. The van der Waals surface area contributed by atoms with E-state index in [9.17, 15) is 22.8 Å². The van der Waals surface area contributed by atoms with Gasteiger partial charge in [0.15, 0.2) is 0 Å². The summed E-state index contributed by atoms with van der Waals surface area (Å²) in [6.45, 7) is 6.31. The summed E-state index contributed by atoms with van der Waals surface area (Å²) in [4.78, 5) is 32.3. The molecule has 0 saturated carbocycles.